The molecule has 2 aromatic carbocycles. The number of ether oxygens (including phenoxy) is 4. The standard InChI is InChI=1S/C48H72N2O12/c1-43(2)27-37(61-41(53)35-21-15-13-16-22-35)28-44(3,4)49(43)31-47(55,56)33-59-39(51)25-19-11-9-10-12-20-26-40(52)60-34-48(57,58)32-50-45(5,6)29-38(30-46(50,7)8)62-42(54)36-23-17-14-18-24-36/h13-18,21-24,37-38,55-58H,9-12,19-20,25-34H2,1-8H3. The van der Waals surface area contributed by atoms with Gasteiger partial charge in [0.25, 0.3) is 0 Å². The first-order valence-electron chi connectivity index (χ1n) is 22.1. The zero-order chi connectivity index (χ0) is 46.0. The molecule has 2 fully saturated rings. The molecule has 2 aromatic rings. The van der Waals surface area contributed by atoms with Crippen LogP contribution in [0, 0.1) is 0 Å². The van der Waals surface area contributed by atoms with Crippen LogP contribution in [0.2, 0.25) is 0 Å². The zero-order valence-corrected chi connectivity index (χ0v) is 38.2. The lowest BCUT2D eigenvalue weighted by Gasteiger charge is -2.56. The van der Waals surface area contributed by atoms with E-state index in [9.17, 15) is 39.6 Å². The molecule has 0 spiro atoms. The first-order chi connectivity index (χ1) is 28.8. The minimum atomic E-state index is -2.29. The second kappa shape index (κ2) is 21.2. The van der Waals surface area contributed by atoms with Gasteiger partial charge in [0, 0.05) is 60.7 Å². The first kappa shape index (κ1) is 50.7. The Labute approximate surface area is 367 Å². The van der Waals surface area contributed by atoms with Crippen LogP contribution in [0.3, 0.4) is 0 Å². The Morgan fingerprint density at radius 2 is 0.806 bits per heavy atom. The molecule has 0 radical (unpaired) electrons. The van der Waals surface area contributed by atoms with Crippen LogP contribution in [0.1, 0.15) is 153 Å². The van der Waals surface area contributed by atoms with Crippen LogP contribution >= 0.6 is 0 Å². The number of rotatable bonds is 21. The smallest absolute Gasteiger partial charge is 0.338 e. The fraction of sp³-hybridized carbons (Fsp3) is 0.667. The molecule has 0 unspecified atom stereocenters. The van der Waals surface area contributed by atoms with E-state index >= 15 is 0 Å². The van der Waals surface area contributed by atoms with Crippen molar-refractivity contribution in [3.8, 4) is 0 Å². The van der Waals surface area contributed by atoms with Gasteiger partial charge in [-0.15, -0.1) is 0 Å². The largest absolute Gasteiger partial charge is 0.460 e. The van der Waals surface area contributed by atoms with E-state index in [0.717, 1.165) is 25.7 Å². The molecule has 2 saturated heterocycles. The Balaban J connectivity index is 1.07. The van der Waals surface area contributed by atoms with Crippen LogP contribution in [0.5, 0.6) is 0 Å². The van der Waals surface area contributed by atoms with E-state index in [4.69, 9.17) is 18.9 Å². The minimum absolute atomic E-state index is 0.135. The Kier molecular flexibility index (Phi) is 17.3. The third-order valence-corrected chi connectivity index (χ3v) is 12.2. The van der Waals surface area contributed by atoms with Crippen molar-refractivity contribution in [1.82, 2.24) is 9.80 Å². The molecule has 2 aliphatic heterocycles. The summed E-state index contributed by atoms with van der Waals surface area (Å²) < 4.78 is 22.3. The predicted molar refractivity (Wildman–Crippen MR) is 233 cm³/mol. The highest BCUT2D eigenvalue weighted by Gasteiger charge is 2.51. The van der Waals surface area contributed by atoms with E-state index in [0.29, 0.717) is 49.7 Å². The molecule has 14 heteroatoms. The van der Waals surface area contributed by atoms with Crippen LogP contribution in [0.25, 0.3) is 0 Å². The lowest BCUT2D eigenvalue weighted by molar-refractivity contribution is -0.231. The van der Waals surface area contributed by atoms with E-state index in [1.165, 1.54) is 0 Å². The third-order valence-electron chi connectivity index (χ3n) is 12.2. The van der Waals surface area contributed by atoms with Crippen LogP contribution in [-0.4, -0.2) is 126 Å². The van der Waals surface area contributed by atoms with Gasteiger partial charge in [-0.1, -0.05) is 62.1 Å². The summed E-state index contributed by atoms with van der Waals surface area (Å²) in [5.41, 5.74) is -1.29. The number of aliphatic hydroxyl groups is 4. The molecule has 0 bridgehead atoms. The van der Waals surface area contributed by atoms with Crippen LogP contribution in [0.15, 0.2) is 60.7 Å². The minimum Gasteiger partial charge on any atom is -0.460 e. The molecule has 2 aliphatic rings. The summed E-state index contributed by atoms with van der Waals surface area (Å²) in [4.78, 5) is 54.4. The van der Waals surface area contributed by atoms with Crippen molar-refractivity contribution >= 4 is 23.9 Å². The molecule has 14 nitrogen and oxygen atoms in total. The monoisotopic (exact) mass is 869 g/mol. The summed E-state index contributed by atoms with van der Waals surface area (Å²) in [5.74, 6) is -6.40. The Hall–Kier alpha value is -3.92. The number of hydrogen-bond acceptors (Lipinski definition) is 14. The average Bonchev–Trinajstić information content (AvgIpc) is 3.17. The van der Waals surface area contributed by atoms with Gasteiger partial charge in [-0.2, -0.15) is 0 Å². The second-order valence-corrected chi connectivity index (χ2v) is 19.9. The lowest BCUT2D eigenvalue weighted by Crippen LogP contribution is -2.66. The summed E-state index contributed by atoms with van der Waals surface area (Å²) in [6.07, 6.45) is 5.80. The Morgan fingerprint density at radius 1 is 0.516 bits per heavy atom. The zero-order valence-electron chi connectivity index (χ0n) is 38.2. The van der Waals surface area contributed by atoms with Crippen molar-refractivity contribution in [2.75, 3.05) is 26.3 Å². The first-order valence-corrected chi connectivity index (χ1v) is 22.1. The molecule has 2 heterocycles. The molecule has 0 aromatic heterocycles. The Morgan fingerprint density at radius 3 is 1.11 bits per heavy atom. The van der Waals surface area contributed by atoms with E-state index < -0.39 is 70.8 Å². The van der Waals surface area contributed by atoms with Crippen molar-refractivity contribution in [3.05, 3.63) is 71.8 Å². The fourth-order valence-corrected chi connectivity index (χ4v) is 9.44. The van der Waals surface area contributed by atoms with Crippen molar-refractivity contribution < 1.29 is 58.6 Å². The number of piperidine rings is 2. The number of hydrogen-bond donors (Lipinski definition) is 4. The quantitative estimate of drug-likeness (QED) is 0.0472. The van der Waals surface area contributed by atoms with E-state index in [-0.39, 0.29) is 38.1 Å². The number of likely N-dealkylation sites (tertiary alicyclic amines) is 2. The van der Waals surface area contributed by atoms with Gasteiger partial charge < -0.3 is 39.4 Å². The van der Waals surface area contributed by atoms with Gasteiger partial charge in [-0.25, -0.2) is 9.59 Å². The molecular weight excluding hydrogens is 797 g/mol. The van der Waals surface area contributed by atoms with E-state index in [2.05, 4.69) is 0 Å². The highest BCUT2D eigenvalue weighted by atomic mass is 16.6. The maximum Gasteiger partial charge on any atom is 0.338 e. The van der Waals surface area contributed by atoms with Gasteiger partial charge in [0.15, 0.2) is 0 Å². The number of esters is 4. The van der Waals surface area contributed by atoms with Crippen molar-refractivity contribution in [1.29, 1.82) is 0 Å². The summed E-state index contributed by atoms with van der Waals surface area (Å²) in [6, 6.07) is 17.6. The molecule has 0 atom stereocenters. The molecular formula is C48H72N2O12. The molecule has 4 N–H and O–H groups in total. The lowest BCUT2D eigenvalue weighted by atomic mass is 9.77. The van der Waals surface area contributed by atoms with Crippen molar-refractivity contribution in [3.63, 3.8) is 0 Å². The number of nitrogens with zero attached hydrogens (tertiary/aromatic N) is 2. The predicted octanol–water partition coefficient (Wildman–Crippen LogP) is 6.31. The van der Waals surface area contributed by atoms with Gasteiger partial charge in [-0.05, 0) is 92.5 Å². The molecule has 346 valence electrons. The second-order valence-electron chi connectivity index (χ2n) is 19.9. The highest BCUT2D eigenvalue weighted by molar-refractivity contribution is 5.90. The number of β-amino-alcohol motifs (C(OH)–C–C–N with tert-alkyl or cyclic N) is 4. The number of carbonyl (C=O) groups is 4. The van der Waals surface area contributed by atoms with Crippen molar-refractivity contribution in [2.45, 2.75) is 178 Å². The van der Waals surface area contributed by atoms with Gasteiger partial charge in [0.2, 0.25) is 11.6 Å². The number of benzene rings is 2. The molecule has 0 saturated carbocycles. The SMILES string of the molecule is CC1(C)CC(OC(=O)c2ccccc2)CC(C)(C)N1CC(O)(O)COC(=O)CCCCCCCCC(=O)OCC(O)(O)CN1C(C)(C)CC(OC(=O)c2ccccc2)CC1(C)C. The topological polar surface area (TPSA) is 193 Å². The third kappa shape index (κ3) is 15.4. The summed E-state index contributed by atoms with van der Waals surface area (Å²) in [6.45, 7) is 14.2. The van der Waals surface area contributed by atoms with Crippen LogP contribution < -0.4 is 0 Å². The van der Waals surface area contributed by atoms with Gasteiger partial charge in [0.1, 0.15) is 25.4 Å². The summed E-state index contributed by atoms with van der Waals surface area (Å²) in [5, 5.41) is 43.5. The number of carbonyl (C=O) groups excluding carboxylic acids is 4. The fourth-order valence-electron chi connectivity index (χ4n) is 9.44. The van der Waals surface area contributed by atoms with E-state index in [1.54, 1.807) is 48.5 Å². The van der Waals surface area contributed by atoms with Crippen molar-refractivity contribution in [2.24, 2.45) is 0 Å². The molecule has 62 heavy (non-hydrogen) atoms. The van der Waals surface area contributed by atoms with E-state index in [1.807, 2.05) is 77.3 Å². The normalized spacial score (nSPS) is 19.4. The molecule has 0 amide bonds. The molecule has 4 rings (SSSR count). The molecule has 0 aliphatic carbocycles. The average molecular weight is 869 g/mol. The Bertz CT molecular complexity index is 1610. The number of unbranched alkanes of at least 4 members (excludes halogenated alkanes) is 5. The highest BCUT2D eigenvalue weighted by Crippen LogP contribution is 2.42. The summed E-state index contributed by atoms with van der Waals surface area (Å²) >= 11 is 0. The van der Waals surface area contributed by atoms with Gasteiger partial charge in [0.05, 0.1) is 24.2 Å². The van der Waals surface area contributed by atoms with Gasteiger partial charge >= 0.3 is 23.9 Å². The maximum atomic E-state index is 12.7. The van der Waals surface area contributed by atoms with Crippen LogP contribution in [-0.2, 0) is 28.5 Å². The van der Waals surface area contributed by atoms with Gasteiger partial charge in [-0.3, -0.25) is 19.4 Å². The van der Waals surface area contributed by atoms with Crippen LogP contribution in [0.4, 0.5) is 0 Å². The maximum absolute atomic E-state index is 12.7. The summed E-state index contributed by atoms with van der Waals surface area (Å²) in [7, 11) is 0.